The van der Waals surface area contributed by atoms with E-state index in [1.165, 1.54) is 0 Å². The van der Waals surface area contributed by atoms with E-state index in [9.17, 15) is 8.42 Å². The van der Waals surface area contributed by atoms with Crippen LogP contribution in [0.15, 0.2) is 35.4 Å². The highest BCUT2D eigenvalue weighted by Crippen LogP contribution is 2.24. The first-order valence-electron chi connectivity index (χ1n) is 8.47. The maximum Gasteiger partial charge on any atom is 0.244 e. The summed E-state index contributed by atoms with van der Waals surface area (Å²) in [6.07, 6.45) is 1.68. The fourth-order valence-electron chi connectivity index (χ4n) is 3.12. The van der Waals surface area contributed by atoms with Gasteiger partial charge in [0, 0.05) is 17.3 Å². The van der Waals surface area contributed by atoms with Crippen LogP contribution in [0.3, 0.4) is 0 Å². The summed E-state index contributed by atoms with van der Waals surface area (Å²) < 4.78 is 35.2. The molecule has 3 rings (SSSR count). The molecule has 0 fully saturated rings. The van der Waals surface area contributed by atoms with Crippen molar-refractivity contribution in [2.75, 3.05) is 7.11 Å². The lowest BCUT2D eigenvalue weighted by molar-refractivity contribution is 0.414. The van der Waals surface area contributed by atoms with Gasteiger partial charge in [-0.15, -0.1) is 0 Å². The lowest BCUT2D eigenvalue weighted by Crippen LogP contribution is -2.28. The Balaban J connectivity index is 1.88. The molecule has 9 heteroatoms. The van der Waals surface area contributed by atoms with Crippen LogP contribution in [-0.4, -0.2) is 35.5 Å². The van der Waals surface area contributed by atoms with Gasteiger partial charge < -0.3 is 4.74 Å². The summed E-state index contributed by atoms with van der Waals surface area (Å²) >= 11 is 0. The monoisotopic (exact) mass is 389 g/mol. The highest BCUT2D eigenvalue weighted by Gasteiger charge is 2.26. The highest BCUT2D eigenvalue weighted by molar-refractivity contribution is 7.89. The van der Waals surface area contributed by atoms with Crippen LogP contribution in [-0.2, 0) is 10.0 Å². The lowest BCUT2D eigenvalue weighted by atomic mass is 10.1. The normalized spacial score (nSPS) is 12.9. The van der Waals surface area contributed by atoms with Gasteiger partial charge in [-0.1, -0.05) is 0 Å². The molecule has 2 heterocycles. The van der Waals surface area contributed by atoms with Gasteiger partial charge in [0.2, 0.25) is 10.0 Å². The van der Waals surface area contributed by atoms with Crippen LogP contribution in [0.1, 0.15) is 35.6 Å². The zero-order chi connectivity index (χ0) is 19.8. The number of aromatic nitrogens is 4. The Morgan fingerprint density at radius 1 is 1.19 bits per heavy atom. The third kappa shape index (κ3) is 3.60. The van der Waals surface area contributed by atoms with Crippen molar-refractivity contribution in [1.29, 1.82) is 0 Å². The molecular formula is C18H23N5O3S. The Morgan fingerprint density at radius 2 is 1.85 bits per heavy atom. The smallest absolute Gasteiger partial charge is 0.244 e. The van der Waals surface area contributed by atoms with E-state index < -0.39 is 16.1 Å². The number of methoxy groups -OCH3 is 1. The van der Waals surface area contributed by atoms with E-state index in [2.05, 4.69) is 20.0 Å². The van der Waals surface area contributed by atoms with Gasteiger partial charge in [-0.05, 0) is 52.0 Å². The quantitative estimate of drug-likeness (QED) is 0.675. The van der Waals surface area contributed by atoms with E-state index in [4.69, 9.17) is 4.74 Å². The topological polar surface area (TPSA) is 102 Å². The molecule has 0 amide bonds. The molecule has 2 N–H and O–H groups in total. The van der Waals surface area contributed by atoms with Gasteiger partial charge in [-0.3, -0.25) is 5.10 Å². The largest absolute Gasteiger partial charge is 0.497 e. The van der Waals surface area contributed by atoms with Crippen LogP contribution >= 0.6 is 0 Å². The van der Waals surface area contributed by atoms with Crippen LogP contribution in [0.4, 0.5) is 0 Å². The first-order valence-corrected chi connectivity index (χ1v) is 9.95. The third-order valence-electron chi connectivity index (χ3n) is 4.49. The molecule has 1 atom stereocenters. The Bertz CT molecular complexity index is 1030. The third-order valence-corrected chi connectivity index (χ3v) is 6.30. The number of sulfonamides is 1. The van der Waals surface area contributed by atoms with Crippen LogP contribution in [0.5, 0.6) is 5.75 Å². The summed E-state index contributed by atoms with van der Waals surface area (Å²) in [7, 11) is -2.09. The zero-order valence-electron chi connectivity index (χ0n) is 15.9. The molecule has 1 aromatic carbocycles. The van der Waals surface area contributed by atoms with Gasteiger partial charge in [0.15, 0.2) is 0 Å². The Kier molecular flexibility index (Phi) is 5.07. The molecule has 0 radical (unpaired) electrons. The van der Waals surface area contributed by atoms with E-state index >= 15 is 0 Å². The second-order valence-corrected chi connectivity index (χ2v) is 8.05. The van der Waals surface area contributed by atoms with E-state index in [0.29, 0.717) is 11.4 Å². The van der Waals surface area contributed by atoms with Crippen molar-refractivity contribution in [3.8, 4) is 11.4 Å². The van der Waals surface area contributed by atoms with Crippen molar-refractivity contribution in [3.05, 3.63) is 53.1 Å². The van der Waals surface area contributed by atoms with Gasteiger partial charge >= 0.3 is 0 Å². The van der Waals surface area contributed by atoms with Crippen molar-refractivity contribution in [3.63, 3.8) is 0 Å². The van der Waals surface area contributed by atoms with Crippen LogP contribution in [0.25, 0.3) is 5.69 Å². The lowest BCUT2D eigenvalue weighted by Gasteiger charge is -2.15. The van der Waals surface area contributed by atoms with E-state index in [1.54, 1.807) is 38.8 Å². The number of H-pyrrole nitrogens is 1. The van der Waals surface area contributed by atoms with Crippen molar-refractivity contribution < 1.29 is 13.2 Å². The Labute approximate surface area is 158 Å². The highest BCUT2D eigenvalue weighted by atomic mass is 32.2. The van der Waals surface area contributed by atoms with Gasteiger partial charge in [0.1, 0.15) is 10.6 Å². The van der Waals surface area contributed by atoms with Gasteiger partial charge in [-0.2, -0.15) is 10.2 Å². The van der Waals surface area contributed by atoms with Crippen molar-refractivity contribution in [1.82, 2.24) is 24.7 Å². The van der Waals surface area contributed by atoms with Crippen LogP contribution in [0.2, 0.25) is 0 Å². The second-order valence-electron chi connectivity index (χ2n) is 6.40. The standard InChI is InChI=1S/C18H23N5O3S/c1-11(22-27(24,25)18-12(2)20-21-13(18)3)17-10-19-23(14(17)4)15-6-8-16(26-5)9-7-15/h6-11,22H,1-5H3,(H,20,21). The average molecular weight is 389 g/mol. The van der Waals surface area contributed by atoms with Crippen molar-refractivity contribution in [2.24, 2.45) is 0 Å². The average Bonchev–Trinajstić information content (AvgIpc) is 3.17. The number of hydrogen-bond donors (Lipinski definition) is 2. The second kappa shape index (κ2) is 7.16. The number of aryl methyl sites for hydroxylation is 2. The van der Waals surface area contributed by atoms with E-state index in [-0.39, 0.29) is 4.90 Å². The molecule has 0 bridgehead atoms. The molecule has 0 saturated heterocycles. The predicted octanol–water partition coefficient (Wildman–Crippen LogP) is 2.57. The Morgan fingerprint density at radius 3 is 2.41 bits per heavy atom. The van der Waals surface area contributed by atoms with E-state index in [0.717, 1.165) is 22.7 Å². The molecule has 0 aliphatic rings. The van der Waals surface area contributed by atoms with Gasteiger partial charge in [0.05, 0.1) is 30.4 Å². The number of nitrogens with one attached hydrogen (secondary N) is 2. The molecule has 3 aromatic rings. The SMILES string of the molecule is COc1ccc(-n2ncc(C(C)NS(=O)(=O)c3c(C)n[nH]c3C)c2C)cc1. The van der Waals surface area contributed by atoms with Gasteiger partial charge in [0.25, 0.3) is 0 Å². The molecule has 0 saturated carbocycles. The molecule has 1 unspecified atom stereocenters. The number of nitrogens with zero attached hydrogens (tertiary/aromatic N) is 3. The number of rotatable bonds is 6. The minimum atomic E-state index is -3.70. The summed E-state index contributed by atoms with van der Waals surface area (Å²) in [6.45, 7) is 7.05. The molecular weight excluding hydrogens is 366 g/mol. The first kappa shape index (κ1) is 19.1. The molecule has 2 aromatic heterocycles. The molecule has 144 valence electrons. The zero-order valence-corrected chi connectivity index (χ0v) is 16.8. The number of ether oxygens (including phenoxy) is 1. The van der Waals surface area contributed by atoms with Gasteiger partial charge in [-0.25, -0.2) is 17.8 Å². The summed E-state index contributed by atoms with van der Waals surface area (Å²) in [6, 6.07) is 7.06. The number of hydrogen-bond acceptors (Lipinski definition) is 5. The fourth-order valence-corrected chi connectivity index (χ4v) is 4.72. The first-order chi connectivity index (χ1) is 12.7. The fraction of sp³-hybridized carbons (Fsp3) is 0.333. The van der Waals surface area contributed by atoms with Crippen LogP contribution in [0, 0.1) is 20.8 Å². The van der Waals surface area contributed by atoms with Crippen molar-refractivity contribution in [2.45, 2.75) is 38.6 Å². The molecule has 0 aliphatic carbocycles. The minimum absolute atomic E-state index is 0.189. The molecule has 8 nitrogen and oxygen atoms in total. The number of benzene rings is 1. The van der Waals surface area contributed by atoms with E-state index in [1.807, 2.05) is 31.2 Å². The molecule has 27 heavy (non-hydrogen) atoms. The maximum absolute atomic E-state index is 12.8. The summed E-state index contributed by atoms with van der Waals surface area (Å²) in [5.41, 5.74) is 3.48. The number of aromatic amines is 1. The van der Waals surface area contributed by atoms with Crippen molar-refractivity contribution >= 4 is 10.0 Å². The maximum atomic E-state index is 12.8. The molecule has 0 aliphatic heterocycles. The summed E-state index contributed by atoms with van der Waals surface area (Å²) in [5.74, 6) is 0.760. The summed E-state index contributed by atoms with van der Waals surface area (Å²) in [5, 5.41) is 11.1. The Hall–Kier alpha value is -2.65. The predicted molar refractivity (Wildman–Crippen MR) is 102 cm³/mol. The van der Waals surface area contributed by atoms with Crippen LogP contribution < -0.4 is 9.46 Å². The summed E-state index contributed by atoms with van der Waals surface area (Å²) in [4.78, 5) is 0.189. The molecule has 0 spiro atoms. The minimum Gasteiger partial charge on any atom is -0.497 e.